The molecule has 0 aliphatic carbocycles. The second-order valence-electron chi connectivity index (χ2n) is 6.97. The molecule has 1 fully saturated rings. The maximum absolute atomic E-state index is 12.4. The molecule has 0 spiro atoms. The van der Waals surface area contributed by atoms with Gasteiger partial charge in [0.1, 0.15) is 23.8 Å². The first-order chi connectivity index (χ1) is 14.5. The Morgan fingerprint density at radius 3 is 2.43 bits per heavy atom. The van der Waals surface area contributed by atoms with Gasteiger partial charge in [0, 0.05) is 32.7 Å². The summed E-state index contributed by atoms with van der Waals surface area (Å²) in [6.07, 6.45) is 0. The Hall–Kier alpha value is -3.17. The molecule has 0 radical (unpaired) electrons. The van der Waals surface area contributed by atoms with Gasteiger partial charge in [-0.15, -0.1) is 0 Å². The Labute approximate surface area is 175 Å². The maximum atomic E-state index is 12.4. The van der Waals surface area contributed by atoms with E-state index in [9.17, 15) is 14.9 Å². The number of para-hydroxylation sites is 1. The number of methoxy groups -OCH3 is 1. The lowest BCUT2D eigenvalue weighted by molar-refractivity contribution is -0.384. The molecule has 1 saturated heterocycles. The summed E-state index contributed by atoms with van der Waals surface area (Å²) in [6.45, 7) is 4.82. The number of nitro groups is 1. The van der Waals surface area contributed by atoms with Crippen molar-refractivity contribution in [2.24, 2.45) is 0 Å². The summed E-state index contributed by atoms with van der Waals surface area (Å²) in [4.78, 5) is 27.4. The molecule has 0 aromatic heterocycles. The second-order valence-corrected chi connectivity index (χ2v) is 6.97. The van der Waals surface area contributed by atoms with E-state index in [1.54, 1.807) is 6.07 Å². The van der Waals surface area contributed by atoms with Gasteiger partial charge in [-0.3, -0.25) is 24.7 Å². The van der Waals surface area contributed by atoms with Crippen LogP contribution in [0.4, 0.5) is 11.4 Å². The van der Waals surface area contributed by atoms with E-state index in [-0.39, 0.29) is 23.8 Å². The third-order valence-corrected chi connectivity index (χ3v) is 4.93. The summed E-state index contributed by atoms with van der Waals surface area (Å²) in [6, 6.07) is 14.1. The third kappa shape index (κ3) is 6.16. The van der Waals surface area contributed by atoms with Crippen molar-refractivity contribution in [1.82, 2.24) is 9.80 Å². The molecule has 2 aromatic carbocycles. The van der Waals surface area contributed by atoms with Crippen LogP contribution >= 0.6 is 0 Å². The van der Waals surface area contributed by atoms with Crippen LogP contribution in [0.2, 0.25) is 0 Å². The molecule has 1 heterocycles. The number of benzene rings is 2. The van der Waals surface area contributed by atoms with Gasteiger partial charge in [0.25, 0.3) is 5.69 Å². The number of carbonyl (C=O) groups is 1. The Kier molecular flexibility index (Phi) is 7.58. The molecule has 1 aliphatic heterocycles. The zero-order chi connectivity index (χ0) is 21.3. The van der Waals surface area contributed by atoms with Gasteiger partial charge in [-0.1, -0.05) is 18.2 Å². The number of nitrogens with zero attached hydrogens (tertiary/aromatic N) is 3. The molecular formula is C21H26N4O5. The van der Waals surface area contributed by atoms with Crippen LogP contribution in [0.3, 0.4) is 0 Å². The zero-order valence-corrected chi connectivity index (χ0v) is 17.0. The van der Waals surface area contributed by atoms with Crippen LogP contribution in [-0.4, -0.2) is 73.6 Å². The molecule has 9 heteroatoms. The SMILES string of the molecule is COc1ccc(NC(=O)CN2CCN(CCOc3ccccc3)CC2)c([N+](=O)[O-])c1. The first-order valence-corrected chi connectivity index (χ1v) is 9.80. The number of nitrogens with one attached hydrogen (secondary N) is 1. The minimum absolute atomic E-state index is 0.169. The molecule has 0 unspecified atom stereocenters. The van der Waals surface area contributed by atoms with Crippen LogP contribution in [0, 0.1) is 10.1 Å². The van der Waals surface area contributed by atoms with Crippen LogP contribution in [0.15, 0.2) is 48.5 Å². The Balaban J connectivity index is 1.41. The van der Waals surface area contributed by atoms with Crippen molar-refractivity contribution in [3.8, 4) is 11.5 Å². The fraction of sp³-hybridized carbons (Fsp3) is 0.381. The average molecular weight is 414 g/mol. The normalized spacial score (nSPS) is 14.8. The number of hydrogen-bond acceptors (Lipinski definition) is 7. The highest BCUT2D eigenvalue weighted by Crippen LogP contribution is 2.28. The number of anilines is 1. The van der Waals surface area contributed by atoms with Gasteiger partial charge in [-0.2, -0.15) is 0 Å². The van der Waals surface area contributed by atoms with E-state index < -0.39 is 4.92 Å². The van der Waals surface area contributed by atoms with Crippen molar-refractivity contribution >= 4 is 17.3 Å². The number of rotatable bonds is 9. The van der Waals surface area contributed by atoms with Crippen molar-refractivity contribution < 1.29 is 19.2 Å². The highest BCUT2D eigenvalue weighted by Gasteiger charge is 2.21. The van der Waals surface area contributed by atoms with E-state index >= 15 is 0 Å². The molecule has 3 rings (SSSR count). The van der Waals surface area contributed by atoms with Crippen molar-refractivity contribution in [3.05, 3.63) is 58.6 Å². The lowest BCUT2D eigenvalue weighted by Crippen LogP contribution is -2.49. The number of ether oxygens (including phenoxy) is 2. The first kappa shape index (κ1) is 21.5. The number of nitro benzene ring substituents is 1. The summed E-state index contributed by atoms with van der Waals surface area (Å²) in [5.74, 6) is 0.955. The van der Waals surface area contributed by atoms with Crippen molar-refractivity contribution in [1.29, 1.82) is 0 Å². The van der Waals surface area contributed by atoms with E-state index in [4.69, 9.17) is 9.47 Å². The molecule has 0 bridgehead atoms. The molecule has 9 nitrogen and oxygen atoms in total. The summed E-state index contributed by atoms with van der Waals surface area (Å²) >= 11 is 0. The molecule has 160 valence electrons. The predicted molar refractivity (Wildman–Crippen MR) is 113 cm³/mol. The topological polar surface area (TPSA) is 97.2 Å². The van der Waals surface area contributed by atoms with Crippen LogP contribution in [0.25, 0.3) is 0 Å². The molecular weight excluding hydrogens is 388 g/mol. The summed E-state index contributed by atoms with van der Waals surface area (Å²) in [7, 11) is 1.44. The van der Waals surface area contributed by atoms with Crippen molar-refractivity contribution in [2.45, 2.75) is 0 Å². The monoisotopic (exact) mass is 414 g/mol. The Morgan fingerprint density at radius 1 is 1.07 bits per heavy atom. The van der Waals surface area contributed by atoms with Gasteiger partial charge in [-0.25, -0.2) is 0 Å². The van der Waals surface area contributed by atoms with E-state index in [0.717, 1.165) is 38.5 Å². The molecule has 1 aliphatic rings. The highest BCUT2D eigenvalue weighted by atomic mass is 16.6. The number of hydrogen-bond donors (Lipinski definition) is 1. The van der Waals surface area contributed by atoms with Gasteiger partial charge in [-0.05, 0) is 24.3 Å². The lowest BCUT2D eigenvalue weighted by Gasteiger charge is -2.34. The van der Waals surface area contributed by atoms with Gasteiger partial charge in [0.2, 0.25) is 5.91 Å². The van der Waals surface area contributed by atoms with E-state index in [2.05, 4.69) is 10.2 Å². The molecule has 2 aromatic rings. The summed E-state index contributed by atoms with van der Waals surface area (Å²) in [5, 5.41) is 13.9. The fourth-order valence-electron chi connectivity index (χ4n) is 3.27. The summed E-state index contributed by atoms with van der Waals surface area (Å²) in [5.41, 5.74) is -0.0200. The minimum atomic E-state index is -0.533. The molecule has 0 saturated carbocycles. The first-order valence-electron chi connectivity index (χ1n) is 9.80. The third-order valence-electron chi connectivity index (χ3n) is 4.93. The smallest absolute Gasteiger partial charge is 0.296 e. The van der Waals surface area contributed by atoms with Crippen LogP contribution < -0.4 is 14.8 Å². The standard InChI is InChI=1S/C21H26N4O5/c1-29-18-7-8-19(20(15-18)25(27)28)22-21(26)16-24-11-9-23(10-12-24)13-14-30-17-5-3-2-4-6-17/h2-8,15H,9-14,16H2,1H3,(H,22,26). The Morgan fingerprint density at radius 2 is 1.77 bits per heavy atom. The Bertz CT molecular complexity index is 854. The average Bonchev–Trinajstić information content (AvgIpc) is 2.76. The molecule has 30 heavy (non-hydrogen) atoms. The van der Waals surface area contributed by atoms with Crippen molar-refractivity contribution in [2.75, 3.05) is 58.3 Å². The fourth-order valence-corrected chi connectivity index (χ4v) is 3.27. The van der Waals surface area contributed by atoms with Crippen LogP contribution in [-0.2, 0) is 4.79 Å². The molecule has 0 atom stereocenters. The number of carbonyl (C=O) groups excluding carboxylic acids is 1. The highest BCUT2D eigenvalue weighted by molar-refractivity contribution is 5.94. The van der Waals surface area contributed by atoms with Gasteiger partial charge in [0.05, 0.1) is 24.6 Å². The van der Waals surface area contributed by atoms with E-state index in [1.165, 1.54) is 19.2 Å². The lowest BCUT2D eigenvalue weighted by atomic mass is 10.2. The minimum Gasteiger partial charge on any atom is -0.496 e. The van der Waals surface area contributed by atoms with Gasteiger partial charge >= 0.3 is 0 Å². The van der Waals surface area contributed by atoms with Crippen LogP contribution in [0.5, 0.6) is 11.5 Å². The second kappa shape index (κ2) is 10.6. The zero-order valence-electron chi connectivity index (χ0n) is 17.0. The quantitative estimate of drug-likeness (QED) is 0.496. The van der Waals surface area contributed by atoms with Crippen LogP contribution in [0.1, 0.15) is 0 Å². The largest absolute Gasteiger partial charge is 0.496 e. The predicted octanol–water partition coefficient (Wildman–Crippen LogP) is 2.24. The van der Waals surface area contributed by atoms with E-state index in [0.29, 0.717) is 12.4 Å². The number of piperazine rings is 1. The maximum Gasteiger partial charge on any atom is 0.296 e. The van der Waals surface area contributed by atoms with Gasteiger partial charge in [0.15, 0.2) is 0 Å². The number of amides is 1. The van der Waals surface area contributed by atoms with E-state index in [1.807, 2.05) is 35.2 Å². The van der Waals surface area contributed by atoms with Gasteiger partial charge < -0.3 is 14.8 Å². The summed E-state index contributed by atoms with van der Waals surface area (Å²) < 4.78 is 10.7. The molecule has 1 amide bonds. The van der Waals surface area contributed by atoms with Crippen molar-refractivity contribution in [3.63, 3.8) is 0 Å². The molecule has 1 N–H and O–H groups in total.